The van der Waals surface area contributed by atoms with Crippen LogP contribution in [0.15, 0.2) is 5.16 Å². The second-order valence-electron chi connectivity index (χ2n) is 4.64. The van der Waals surface area contributed by atoms with Crippen LogP contribution < -0.4 is 0 Å². The van der Waals surface area contributed by atoms with Crippen LogP contribution in [0.3, 0.4) is 0 Å². The summed E-state index contributed by atoms with van der Waals surface area (Å²) in [6.07, 6.45) is 4.77. The number of oxime groups is 1. The van der Waals surface area contributed by atoms with Gasteiger partial charge in [0.2, 0.25) is 5.91 Å². The smallest absolute Gasteiger partial charge is 0.222 e. The van der Waals surface area contributed by atoms with Crippen LogP contribution in [0.5, 0.6) is 0 Å². The van der Waals surface area contributed by atoms with Gasteiger partial charge in [0.1, 0.15) is 12.8 Å². The van der Waals surface area contributed by atoms with Gasteiger partial charge in [-0.05, 0) is 25.2 Å². The van der Waals surface area contributed by atoms with Gasteiger partial charge in [-0.15, -0.1) is 0 Å². The molecule has 102 valence electrons. The van der Waals surface area contributed by atoms with Crippen molar-refractivity contribution in [3.63, 3.8) is 0 Å². The first-order valence-corrected chi connectivity index (χ1v) is 6.57. The molecular weight excluding hydrogens is 232 g/mol. The fraction of sp³-hybridized carbons (Fsp3) is 0.769. The Morgan fingerprint density at radius 1 is 1.39 bits per heavy atom. The highest BCUT2D eigenvalue weighted by Crippen LogP contribution is 2.20. The third-order valence-corrected chi connectivity index (χ3v) is 3.20. The van der Waals surface area contributed by atoms with E-state index in [4.69, 9.17) is 4.84 Å². The molecule has 0 aromatic rings. The first-order chi connectivity index (χ1) is 8.63. The monoisotopic (exact) mass is 254 g/mol. The van der Waals surface area contributed by atoms with E-state index in [1.165, 1.54) is 13.1 Å². The van der Waals surface area contributed by atoms with Crippen molar-refractivity contribution in [1.29, 1.82) is 0 Å². The fourth-order valence-electron chi connectivity index (χ4n) is 2.08. The summed E-state index contributed by atoms with van der Waals surface area (Å²) in [5.41, 5.74) is 0. The molecule has 1 amide bonds. The normalized spacial score (nSPS) is 17.1. The lowest BCUT2D eigenvalue weighted by Crippen LogP contribution is -2.38. The number of hydrogen-bond acceptors (Lipinski definition) is 4. The zero-order valence-electron chi connectivity index (χ0n) is 11.2. The van der Waals surface area contributed by atoms with Gasteiger partial charge in [0.15, 0.2) is 5.78 Å². The number of likely N-dealkylation sites (tertiary alicyclic amines) is 1. The maximum Gasteiger partial charge on any atom is 0.222 e. The maximum atomic E-state index is 11.5. The average molecular weight is 254 g/mol. The van der Waals surface area contributed by atoms with Crippen molar-refractivity contribution in [2.24, 2.45) is 11.1 Å². The highest BCUT2D eigenvalue weighted by molar-refractivity contribution is 6.26. The number of carbonyl (C=O) groups is 2. The standard InChI is InChI=1S/C13H22N2O3/c1-3-13(17)15-7-4-12(5-8-15)6-9-18-14-10-11(2)16/h10,12H,3-9H2,1-2H3/b14-10-. The first kappa shape index (κ1) is 14.7. The molecule has 18 heavy (non-hydrogen) atoms. The van der Waals surface area contributed by atoms with Gasteiger partial charge < -0.3 is 9.74 Å². The second kappa shape index (κ2) is 7.84. The molecule has 0 aliphatic carbocycles. The molecule has 0 atom stereocenters. The van der Waals surface area contributed by atoms with Gasteiger partial charge in [0, 0.05) is 26.4 Å². The van der Waals surface area contributed by atoms with E-state index in [2.05, 4.69) is 5.16 Å². The van der Waals surface area contributed by atoms with Crippen molar-refractivity contribution >= 4 is 17.9 Å². The number of rotatable bonds is 6. The Morgan fingerprint density at radius 3 is 2.61 bits per heavy atom. The van der Waals surface area contributed by atoms with Crippen molar-refractivity contribution in [3.8, 4) is 0 Å². The zero-order chi connectivity index (χ0) is 13.4. The summed E-state index contributed by atoms with van der Waals surface area (Å²) in [4.78, 5) is 29.0. The molecule has 0 bridgehead atoms. The lowest BCUT2D eigenvalue weighted by molar-refractivity contribution is -0.132. The molecule has 5 heteroatoms. The number of Topliss-reactive ketones (excluding diaryl/α,β-unsaturated/α-hetero) is 1. The van der Waals surface area contributed by atoms with Crippen molar-refractivity contribution in [2.75, 3.05) is 19.7 Å². The quantitative estimate of drug-likeness (QED) is 0.411. The molecule has 0 aromatic heterocycles. The van der Waals surface area contributed by atoms with Crippen LogP contribution in [0, 0.1) is 5.92 Å². The van der Waals surface area contributed by atoms with Crippen LogP contribution in [0.2, 0.25) is 0 Å². The Kier molecular flexibility index (Phi) is 6.39. The maximum absolute atomic E-state index is 11.5. The van der Waals surface area contributed by atoms with Gasteiger partial charge in [-0.2, -0.15) is 0 Å². The molecule has 1 fully saturated rings. The summed E-state index contributed by atoms with van der Waals surface area (Å²) < 4.78 is 0. The minimum atomic E-state index is -0.110. The Labute approximate surface area is 108 Å². The Hall–Kier alpha value is -1.39. The second-order valence-corrected chi connectivity index (χ2v) is 4.64. The number of nitrogens with zero attached hydrogens (tertiary/aromatic N) is 2. The number of amides is 1. The number of piperidine rings is 1. The van der Waals surface area contributed by atoms with E-state index in [0.29, 0.717) is 18.9 Å². The van der Waals surface area contributed by atoms with E-state index in [9.17, 15) is 9.59 Å². The van der Waals surface area contributed by atoms with Crippen LogP contribution in [0.25, 0.3) is 0 Å². The topological polar surface area (TPSA) is 59.0 Å². The molecule has 1 rings (SSSR count). The van der Waals surface area contributed by atoms with E-state index in [0.717, 1.165) is 32.4 Å². The number of carbonyl (C=O) groups excluding carboxylic acids is 2. The lowest BCUT2D eigenvalue weighted by Gasteiger charge is -2.31. The van der Waals surface area contributed by atoms with E-state index >= 15 is 0 Å². The van der Waals surface area contributed by atoms with Gasteiger partial charge in [0.05, 0.1) is 0 Å². The van der Waals surface area contributed by atoms with E-state index in [-0.39, 0.29) is 11.7 Å². The highest BCUT2D eigenvalue weighted by atomic mass is 16.6. The van der Waals surface area contributed by atoms with Crippen LogP contribution in [-0.4, -0.2) is 42.5 Å². The largest absolute Gasteiger partial charge is 0.396 e. The summed E-state index contributed by atoms with van der Waals surface area (Å²) in [6.45, 7) is 5.58. The highest BCUT2D eigenvalue weighted by Gasteiger charge is 2.21. The van der Waals surface area contributed by atoms with Gasteiger partial charge in [-0.1, -0.05) is 12.1 Å². The first-order valence-electron chi connectivity index (χ1n) is 6.57. The van der Waals surface area contributed by atoms with Crippen LogP contribution >= 0.6 is 0 Å². The third-order valence-electron chi connectivity index (χ3n) is 3.20. The van der Waals surface area contributed by atoms with Crippen molar-refractivity contribution in [1.82, 2.24) is 4.90 Å². The van der Waals surface area contributed by atoms with E-state index in [1.54, 1.807) is 0 Å². The summed E-state index contributed by atoms with van der Waals surface area (Å²) in [7, 11) is 0. The van der Waals surface area contributed by atoms with Gasteiger partial charge >= 0.3 is 0 Å². The average Bonchev–Trinajstić information content (AvgIpc) is 2.38. The molecule has 0 radical (unpaired) electrons. The Balaban J connectivity index is 2.12. The molecule has 0 aromatic carbocycles. The Bertz CT molecular complexity index is 307. The van der Waals surface area contributed by atoms with Crippen LogP contribution in [0.4, 0.5) is 0 Å². The molecule has 0 spiro atoms. The molecule has 1 heterocycles. The fourth-order valence-corrected chi connectivity index (χ4v) is 2.08. The zero-order valence-corrected chi connectivity index (χ0v) is 11.2. The molecule has 0 saturated carbocycles. The number of hydrogen-bond donors (Lipinski definition) is 0. The summed E-state index contributed by atoms with van der Waals surface area (Å²) >= 11 is 0. The third kappa shape index (κ3) is 5.29. The lowest BCUT2D eigenvalue weighted by atomic mass is 9.94. The van der Waals surface area contributed by atoms with E-state index in [1.807, 2.05) is 11.8 Å². The predicted molar refractivity (Wildman–Crippen MR) is 69.3 cm³/mol. The summed E-state index contributed by atoms with van der Waals surface area (Å²) in [5.74, 6) is 0.732. The molecule has 1 aliphatic rings. The summed E-state index contributed by atoms with van der Waals surface area (Å²) in [6, 6.07) is 0. The molecule has 1 aliphatic heterocycles. The van der Waals surface area contributed by atoms with Gasteiger partial charge in [0.25, 0.3) is 0 Å². The molecular formula is C13H22N2O3. The molecule has 0 N–H and O–H groups in total. The Morgan fingerprint density at radius 2 is 2.06 bits per heavy atom. The molecule has 0 unspecified atom stereocenters. The van der Waals surface area contributed by atoms with Crippen LogP contribution in [0.1, 0.15) is 39.5 Å². The van der Waals surface area contributed by atoms with Gasteiger partial charge in [-0.3, -0.25) is 9.59 Å². The van der Waals surface area contributed by atoms with Gasteiger partial charge in [-0.25, -0.2) is 0 Å². The SMILES string of the molecule is CCC(=O)N1CCC(CCO/N=C\C(C)=O)CC1. The molecule has 5 nitrogen and oxygen atoms in total. The summed E-state index contributed by atoms with van der Waals surface area (Å²) in [5, 5.41) is 3.57. The minimum Gasteiger partial charge on any atom is -0.396 e. The van der Waals surface area contributed by atoms with Crippen molar-refractivity contribution in [3.05, 3.63) is 0 Å². The molecule has 1 saturated heterocycles. The number of ketones is 1. The van der Waals surface area contributed by atoms with Crippen molar-refractivity contribution < 1.29 is 14.4 Å². The van der Waals surface area contributed by atoms with E-state index < -0.39 is 0 Å². The van der Waals surface area contributed by atoms with Crippen LogP contribution in [-0.2, 0) is 14.4 Å². The van der Waals surface area contributed by atoms with Crippen molar-refractivity contribution in [2.45, 2.75) is 39.5 Å². The predicted octanol–water partition coefficient (Wildman–Crippen LogP) is 1.62. The minimum absolute atomic E-state index is 0.110.